The van der Waals surface area contributed by atoms with Gasteiger partial charge < -0.3 is 10.1 Å². The number of halogens is 1. The van der Waals surface area contributed by atoms with Crippen LogP contribution in [0.15, 0.2) is 42.5 Å². The summed E-state index contributed by atoms with van der Waals surface area (Å²) in [6.45, 7) is 5.29. The van der Waals surface area contributed by atoms with Crippen LogP contribution in [0.5, 0.6) is 5.75 Å². The van der Waals surface area contributed by atoms with E-state index in [-0.39, 0.29) is 6.04 Å². The molecule has 1 unspecified atom stereocenters. The Bertz CT molecular complexity index is 598. The Labute approximate surface area is 141 Å². The summed E-state index contributed by atoms with van der Waals surface area (Å²) in [6, 6.07) is 15.2. The van der Waals surface area contributed by atoms with E-state index in [2.05, 4.69) is 84.2 Å². The fourth-order valence-electron chi connectivity index (χ4n) is 2.46. The molecule has 0 aliphatic heterocycles. The van der Waals surface area contributed by atoms with E-state index in [4.69, 9.17) is 4.74 Å². The van der Waals surface area contributed by atoms with Crippen molar-refractivity contribution in [2.24, 2.45) is 0 Å². The van der Waals surface area contributed by atoms with Crippen LogP contribution in [0.25, 0.3) is 0 Å². The molecule has 0 saturated carbocycles. The maximum Gasteiger partial charge on any atom is 0.123 e. The molecule has 2 rings (SSSR count). The van der Waals surface area contributed by atoms with Gasteiger partial charge in [-0.25, -0.2) is 0 Å². The number of hydrogen-bond acceptors (Lipinski definition) is 2. The number of rotatable bonds is 6. The van der Waals surface area contributed by atoms with Crippen molar-refractivity contribution in [3.63, 3.8) is 0 Å². The standard InChI is InChI=1S/C18H22INO/c1-4-10-20-18(14-6-5-7-15(19)12-14)16-11-13(2)8-9-17(16)21-3/h5-9,11-12,18,20H,4,10H2,1-3H3. The third-order valence-electron chi connectivity index (χ3n) is 3.48. The highest BCUT2D eigenvalue weighted by molar-refractivity contribution is 14.1. The second-order valence-corrected chi connectivity index (χ2v) is 6.43. The van der Waals surface area contributed by atoms with Gasteiger partial charge in [0.15, 0.2) is 0 Å². The molecular weight excluding hydrogens is 373 g/mol. The number of ether oxygens (including phenoxy) is 1. The smallest absolute Gasteiger partial charge is 0.123 e. The van der Waals surface area contributed by atoms with Crippen LogP contribution in [0.2, 0.25) is 0 Å². The van der Waals surface area contributed by atoms with Gasteiger partial charge in [0.1, 0.15) is 5.75 Å². The van der Waals surface area contributed by atoms with Crippen molar-refractivity contribution in [2.45, 2.75) is 26.3 Å². The van der Waals surface area contributed by atoms with Crippen LogP contribution in [-0.4, -0.2) is 13.7 Å². The molecule has 2 nitrogen and oxygen atoms in total. The number of hydrogen-bond donors (Lipinski definition) is 1. The Morgan fingerprint density at radius 3 is 2.67 bits per heavy atom. The van der Waals surface area contributed by atoms with Crippen LogP contribution < -0.4 is 10.1 Å². The predicted octanol–water partition coefficient (Wildman–Crippen LogP) is 4.70. The summed E-state index contributed by atoms with van der Waals surface area (Å²) < 4.78 is 6.82. The van der Waals surface area contributed by atoms with E-state index in [1.807, 2.05) is 0 Å². The molecular formula is C18H22INO. The quantitative estimate of drug-likeness (QED) is 0.717. The van der Waals surface area contributed by atoms with Crippen LogP contribution in [0.3, 0.4) is 0 Å². The SMILES string of the molecule is CCCNC(c1cccc(I)c1)c1cc(C)ccc1OC. The second kappa shape index (κ2) is 7.80. The van der Waals surface area contributed by atoms with E-state index >= 15 is 0 Å². The van der Waals surface area contributed by atoms with Gasteiger partial charge in [-0.05, 0) is 66.2 Å². The van der Waals surface area contributed by atoms with Crippen LogP contribution >= 0.6 is 22.6 Å². The lowest BCUT2D eigenvalue weighted by Gasteiger charge is -2.22. The lowest BCUT2D eigenvalue weighted by Crippen LogP contribution is -2.24. The first-order chi connectivity index (χ1) is 10.2. The minimum atomic E-state index is 0.162. The molecule has 0 aliphatic carbocycles. The van der Waals surface area contributed by atoms with Gasteiger partial charge >= 0.3 is 0 Å². The Hall–Kier alpha value is -1.07. The van der Waals surface area contributed by atoms with Crippen molar-refractivity contribution in [1.29, 1.82) is 0 Å². The molecule has 21 heavy (non-hydrogen) atoms. The molecule has 1 N–H and O–H groups in total. The van der Waals surface area contributed by atoms with Gasteiger partial charge in [0.25, 0.3) is 0 Å². The van der Waals surface area contributed by atoms with Gasteiger partial charge in [-0.1, -0.05) is 36.8 Å². The molecule has 2 aromatic rings. The molecule has 1 atom stereocenters. The number of methoxy groups -OCH3 is 1. The largest absolute Gasteiger partial charge is 0.496 e. The van der Waals surface area contributed by atoms with Gasteiger partial charge in [-0.3, -0.25) is 0 Å². The zero-order valence-corrected chi connectivity index (χ0v) is 15.0. The highest BCUT2D eigenvalue weighted by atomic mass is 127. The van der Waals surface area contributed by atoms with E-state index < -0.39 is 0 Å². The molecule has 0 heterocycles. The lowest BCUT2D eigenvalue weighted by molar-refractivity contribution is 0.403. The van der Waals surface area contributed by atoms with Crippen LogP contribution in [0.4, 0.5) is 0 Å². The average Bonchev–Trinajstić information content (AvgIpc) is 2.48. The normalized spacial score (nSPS) is 12.2. The summed E-state index contributed by atoms with van der Waals surface area (Å²) in [4.78, 5) is 0. The molecule has 2 aromatic carbocycles. The summed E-state index contributed by atoms with van der Waals surface area (Å²) in [7, 11) is 1.74. The monoisotopic (exact) mass is 395 g/mol. The lowest BCUT2D eigenvalue weighted by atomic mass is 9.96. The molecule has 0 saturated heterocycles. The first-order valence-corrected chi connectivity index (χ1v) is 8.37. The third kappa shape index (κ3) is 4.20. The minimum absolute atomic E-state index is 0.162. The topological polar surface area (TPSA) is 21.3 Å². The third-order valence-corrected chi connectivity index (χ3v) is 4.15. The molecule has 0 aliphatic rings. The first-order valence-electron chi connectivity index (χ1n) is 7.29. The minimum Gasteiger partial charge on any atom is -0.496 e. The highest BCUT2D eigenvalue weighted by Crippen LogP contribution is 2.31. The van der Waals surface area contributed by atoms with Crippen molar-refractivity contribution in [2.75, 3.05) is 13.7 Å². The number of nitrogens with one attached hydrogen (secondary N) is 1. The number of benzene rings is 2. The summed E-state index contributed by atoms with van der Waals surface area (Å²) in [5.41, 5.74) is 3.73. The van der Waals surface area contributed by atoms with Gasteiger partial charge in [-0.2, -0.15) is 0 Å². The zero-order valence-electron chi connectivity index (χ0n) is 12.8. The molecule has 0 fully saturated rings. The van der Waals surface area contributed by atoms with Crippen molar-refractivity contribution in [3.05, 3.63) is 62.7 Å². The van der Waals surface area contributed by atoms with E-state index in [1.54, 1.807) is 7.11 Å². The zero-order chi connectivity index (χ0) is 15.2. The van der Waals surface area contributed by atoms with Gasteiger partial charge in [0.05, 0.1) is 13.2 Å². The van der Waals surface area contributed by atoms with Gasteiger partial charge in [0.2, 0.25) is 0 Å². The van der Waals surface area contributed by atoms with E-state index in [1.165, 1.54) is 20.3 Å². The van der Waals surface area contributed by atoms with Gasteiger partial charge in [-0.15, -0.1) is 0 Å². The summed E-state index contributed by atoms with van der Waals surface area (Å²) in [5.74, 6) is 0.938. The van der Waals surface area contributed by atoms with Crippen molar-refractivity contribution >= 4 is 22.6 Å². The van der Waals surface area contributed by atoms with Crippen LogP contribution in [0, 0.1) is 10.5 Å². The van der Waals surface area contributed by atoms with Crippen LogP contribution in [-0.2, 0) is 0 Å². The van der Waals surface area contributed by atoms with E-state index in [9.17, 15) is 0 Å². The van der Waals surface area contributed by atoms with Crippen molar-refractivity contribution < 1.29 is 4.74 Å². The van der Waals surface area contributed by atoms with Crippen molar-refractivity contribution in [3.8, 4) is 5.75 Å². The Morgan fingerprint density at radius 2 is 2.00 bits per heavy atom. The fourth-order valence-corrected chi connectivity index (χ4v) is 3.03. The molecule has 0 spiro atoms. The summed E-state index contributed by atoms with van der Waals surface area (Å²) in [6.07, 6.45) is 1.11. The summed E-state index contributed by atoms with van der Waals surface area (Å²) >= 11 is 2.36. The second-order valence-electron chi connectivity index (χ2n) is 5.19. The Balaban J connectivity index is 2.47. The Kier molecular flexibility index (Phi) is 6.06. The molecule has 0 radical (unpaired) electrons. The predicted molar refractivity (Wildman–Crippen MR) is 97.0 cm³/mol. The highest BCUT2D eigenvalue weighted by Gasteiger charge is 2.18. The average molecular weight is 395 g/mol. The van der Waals surface area contributed by atoms with Crippen molar-refractivity contribution in [1.82, 2.24) is 5.32 Å². The molecule has 0 amide bonds. The molecule has 3 heteroatoms. The maximum atomic E-state index is 5.57. The molecule has 0 aromatic heterocycles. The van der Waals surface area contributed by atoms with E-state index in [0.29, 0.717) is 0 Å². The Morgan fingerprint density at radius 1 is 1.19 bits per heavy atom. The van der Waals surface area contributed by atoms with Gasteiger partial charge in [0, 0.05) is 9.13 Å². The van der Waals surface area contributed by atoms with Crippen LogP contribution in [0.1, 0.15) is 36.1 Å². The first kappa shape index (κ1) is 16.3. The van der Waals surface area contributed by atoms with E-state index in [0.717, 1.165) is 18.7 Å². The number of aryl methyl sites for hydroxylation is 1. The summed E-state index contributed by atoms with van der Waals surface area (Å²) in [5, 5.41) is 3.65. The molecule has 112 valence electrons. The molecule has 0 bridgehead atoms. The maximum absolute atomic E-state index is 5.57. The fraction of sp³-hybridized carbons (Fsp3) is 0.333.